The van der Waals surface area contributed by atoms with Gasteiger partial charge in [0.15, 0.2) is 0 Å². The zero-order chi connectivity index (χ0) is 24.7. The molecular formula is C31H39N3. The monoisotopic (exact) mass is 453 g/mol. The van der Waals surface area contributed by atoms with Crippen molar-refractivity contribution in [2.45, 2.75) is 73.6 Å². The second kappa shape index (κ2) is 8.69. The van der Waals surface area contributed by atoms with Gasteiger partial charge in [-0.3, -0.25) is 0 Å². The minimum atomic E-state index is -0.162. The average molecular weight is 454 g/mol. The number of benzene rings is 2. The Labute approximate surface area is 205 Å². The minimum Gasteiger partial charge on any atom is -0.150 e. The Kier molecular flexibility index (Phi) is 6.18. The van der Waals surface area contributed by atoms with Crippen molar-refractivity contribution >= 4 is 16.7 Å². The third-order valence-corrected chi connectivity index (χ3v) is 7.13. The van der Waals surface area contributed by atoms with Crippen LogP contribution in [-0.2, 0) is 5.41 Å². The van der Waals surface area contributed by atoms with E-state index < -0.39 is 0 Å². The van der Waals surface area contributed by atoms with Crippen molar-refractivity contribution < 1.29 is 0 Å². The van der Waals surface area contributed by atoms with Crippen LogP contribution >= 0.6 is 0 Å². The number of aromatic nitrogens is 3. The van der Waals surface area contributed by atoms with Crippen LogP contribution in [0.3, 0.4) is 0 Å². The Hall–Kier alpha value is -2.94. The average Bonchev–Trinajstić information content (AvgIpc) is 3.09. The van der Waals surface area contributed by atoms with Gasteiger partial charge in [0.1, 0.15) is 11.0 Å². The molecule has 0 saturated heterocycles. The molecule has 0 bridgehead atoms. The number of nitrogens with zero attached hydrogens (tertiary/aromatic N) is 3. The number of allylic oxidation sites excluding steroid dienone is 6. The molecule has 0 atom stereocenters. The van der Waals surface area contributed by atoms with Crippen molar-refractivity contribution in [1.82, 2.24) is 15.0 Å². The lowest BCUT2D eigenvalue weighted by atomic mass is 9.69. The molecule has 1 aliphatic rings. The van der Waals surface area contributed by atoms with E-state index in [1.54, 1.807) is 0 Å². The lowest BCUT2D eigenvalue weighted by molar-refractivity contribution is 0.247. The van der Waals surface area contributed by atoms with Gasteiger partial charge >= 0.3 is 0 Å². The quantitative estimate of drug-likeness (QED) is 0.388. The van der Waals surface area contributed by atoms with Crippen molar-refractivity contribution in [3.05, 3.63) is 89.0 Å². The molecule has 0 unspecified atom stereocenters. The van der Waals surface area contributed by atoms with E-state index in [4.69, 9.17) is 10.2 Å². The molecule has 3 nitrogen and oxygen atoms in total. The SMILES string of the molecule is CC1=C(C(C)(C)c2ccccc2)C=C(C(C)(C)CC(C)(C)C)CC=C1n1nc2ccccc2n1. The molecule has 3 heteroatoms. The summed E-state index contributed by atoms with van der Waals surface area (Å²) in [6.45, 7) is 18.7. The fourth-order valence-corrected chi connectivity index (χ4v) is 5.61. The van der Waals surface area contributed by atoms with Gasteiger partial charge in [0, 0.05) is 5.41 Å². The zero-order valence-electron chi connectivity index (χ0n) is 22.1. The van der Waals surface area contributed by atoms with Gasteiger partial charge in [-0.1, -0.05) is 109 Å². The first-order valence-electron chi connectivity index (χ1n) is 12.4. The van der Waals surface area contributed by atoms with Gasteiger partial charge in [0.2, 0.25) is 0 Å². The lowest BCUT2D eigenvalue weighted by Crippen LogP contribution is -2.25. The predicted octanol–water partition coefficient (Wildman–Crippen LogP) is 8.36. The third-order valence-electron chi connectivity index (χ3n) is 7.13. The molecule has 1 aromatic heterocycles. The van der Waals surface area contributed by atoms with Crippen LogP contribution in [0.1, 0.15) is 73.8 Å². The number of hydrogen-bond donors (Lipinski definition) is 0. The number of fused-ring (bicyclic) bond motifs is 1. The van der Waals surface area contributed by atoms with Gasteiger partial charge in [0.05, 0.1) is 5.70 Å². The van der Waals surface area contributed by atoms with Crippen LogP contribution in [0, 0.1) is 10.8 Å². The van der Waals surface area contributed by atoms with Crippen LogP contribution in [0.4, 0.5) is 0 Å². The summed E-state index contributed by atoms with van der Waals surface area (Å²) in [4.78, 5) is 1.84. The zero-order valence-corrected chi connectivity index (χ0v) is 22.1. The molecule has 0 radical (unpaired) electrons. The highest BCUT2D eigenvalue weighted by molar-refractivity contribution is 5.76. The van der Waals surface area contributed by atoms with Crippen molar-refractivity contribution in [3.63, 3.8) is 0 Å². The molecule has 0 fully saturated rings. The smallest absolute Gasteiger partial charge is 0.113 e. The van der Waals surface area contributed by atoms with E-state index >= 15 is 0 Å². The van der Waals surface area contributed by atoms with Gasteiger partial charge < -0.3 is 0 Å². The summed E-state index contributed by atoms with van der Waals surface area (Å²) in [6.07, 6.45) is 6.83. The van der Waals surface area contributed by atoms with E-state index in [1.807, 2.05) is 29.1 Å². The Morgan fingerprint density at radius 2 is 1.35 bits per heavy atom. The van der Waals surface area contributed by atoms with Gasteiger partial charge in [-0.05, 0) is 59.4 Å². The summed E-state index contributed by atoms with van der Waals surface area (Å²) in [6, 6.07) is 18.9. The molecule has 2 aromatic carbocycles. The summed E-state index contributed by atoms with van der Waals surface area (Å²) >= 11 is 0. The highest BCUT2D eigenvalue weighted by Gasteiger charge is 2.34. The molecule has 0 aliphatic heterocycles. The van der Waals surface area contributed by atoms with Crippen molar-refractivity contribution in [3.8, 4) is 0 Å². The standard InChI is InChI=1S/C31H39N3/c1-22-25(31(7,8)23-14-10-9-11-15-23)20-24(30(5,6)21-29(2,3)4)18-19-28(22)34-32-26-16-12-13-17-27(26)33-34/h9-17,19-20H,18,21H2,1-8H3. The first kappa shape index (κ1) is 24.2. The summed E-state index contributed by atoms with van der Waals surface area (Å²) in [7, 11) is 0. The molecule has 0 spiro atoms. The van der Waals surface area contributed by atoms with Gasteiger partial charge in [-0.2, -0.15) is 4.80 Å². The normalized spacial score (nSPS) is 15.9. The fourth-order valence-electron chi connectivity index (χ4n) is 5.61. The number of rotatable bonds is 5. The Balaban J connectivity index is 1.90. The Bertz CT molecular complexity index is 1240. The van der Waals surface area contributed by atoms with Crippen molar-refractivity contribution in [1.29, 1.82) is 0 Å². The van der Waals surface area contributed by atoms with E-state index in [-0.39, 0.29) is 16.2 Å². The van der Waals surface area contributed by atoms with Gasteiger partial charge in [-0.15, -0.1) is 10.2 Å². The molecule has 4 rings (SSSR count). The fraction of sp³-hybridized carbons (Fsp3) is 0.419. The molecule has 3 aromatic rings. The molecule has 0 amide bonds. The predicted molar refractivity (Wildman–Crippen MR) is 145 cm³/mol. The Morgan fingerprint density at radius 1 is 0.794 bits per heavy atom. The maximum Gasteiger partial charge on any atom is 0.113 e. The molecule has 34 heavy (non-hydrogen) atoms. The van der Waals surface area contributed by atoms with Crippen LogP contribution in [-0.4, -0.2) is 15.0 Å². The molecule has 178 valence electrons. The van der Waals surface area contributed by atoms with Crippen molar-refractivity contribution in [2.24, 2.45) is 10.8 Å². The summed E-state index contributed by atoms with van der Waals surface area (Å²) < 4.78 is 0. The summed E-state index contributed by atoms with van der Waals surface area (Å²) in [5.74, 6) is 0. The molecule has 0 saturated carbocycles. The van der Waals surface area contributed by atoms with Crippen LogP contribution in [0.5, 0.6) is 0 Å². The third kappa shape index (κ3) is 4.80. The minimum absolute atomic E-state index is 0.0742. The highest BCUT2D eigenvalue weighted by atomic mass is 15.5. The van der Waals surface area contributed by atoms with E-state index in [9.17, 15) is 0 Å². The van der Waals surface area contributed by atoms with Crippen LogP contribution in [0.15, 0.2) is 83.5 Å². The van der Waals surface area contributed by atoms with E-state index in [0.717, 1.165) is 29.6 Å². The maximum atomic E-state index is 4.84. The lowest BCUT2D eigenvalue weighted by Gasteiger charge is -2.36. The van der Waals surface area contributed by atoms with Crippen LogP contribution < -0.4 is 0 Å². The van der Waals surface area contributed by atoms with Gasteiger partial charge in [-0.25, -0.2) is 0 Å². The second-order valence-electron chi connectivity index (χ2n) is 12.1. The Morgan fingerprint density at radius 3 is 1.91 bits per heavy atom. The van der Waals surface area contributed by atoms with E-state index in [2.05, 4.69) is 97.9 Å². The van der Waals surface area contributed by atoms with Crippen LogP contribution in [0.2, 0.25) is 0 Å². The topological polar surface area (TPSA) is 30.7 Å². The first-order valence-corrected chi connectivity index (χ1v) is 12.4. The van der Waals surface area contributed by atoms with Crippen LogP contribution in [0.25, 0.3) is 16.7 Å². The largest absolute Gasteiger partial charge is 0.150 e. The molecule has 1 heterocycles. The molecule has 0 N–H and O–H groups in total. The van der Waals surface area contributed by atoms with E-state index in [1.165, 1.54) is 22.3 Å². The summed E-state index contributed by atoms with van der Waals surface area (Å²) in [5, 5.41) is 9.69. The second-order valence-corrected chi connectivity index (χ2v) is 12.1. The number of hydrogen-bond acceptors (Lipinski definition) is 2. The summed E-state index contributed by atoms with van der Waals surface area (Å²) in [5.41, 5.74) is 8.43. The molecular weight excluding hydrogens is 414 g/mol. The molecule has 1 aliphatic carbocycles. The van der Waals surface area contributed by atoms with Gasteiger partial charge in [0.25, 0.3) is 0 Å². The first-order chi connectivity index (χ1) is 15.9. The van der Waals surface area contributed by atoms with Crippen molar-refractivity contribution in [2.75, 3.05) is 0 Å². The highest BCUT2D eigenvalue weighted by Crippen LogP contribution is 2.46. The maximum absolute atomic E-state index is 4.84. The van der Waals surface area contributed by atoms with E-state index in [0.29, 0.717) is 0 Å².